The van der Waals surface area contributed by atoms with Crippen LogP contribution in [0.3, 0.4) is 0 Å². The van der Waals surface area contributed by atoms with Gasteiger partial charge in [-0.25, -0.2) is 4.98 Å². The number of pyridine rings is 1. The van der Waals surface area contributed by atoms with Crippen LogP contribution in [0.25, 0.3) is 0 Å². The molecule has 0 aromatic carbocycles. The number of ether oxygens (including phenoxy) is 1. The highest BCUT2D eigenvalue weighted by Gasteiger charge is 2.06. The molecule has 1 heterocycles. The van der Waals surface area contributed by atoms with Crippen molar-refractivity contribution in [2.45, 2.75) is 11.1 Å². The molecule has 84 valence electrons. The molecule has 0 saturated carbocycles. The molecule has 0 aliphatic rings. The van der Waals surface area contributed by atoms with Crippen LogP contribution in [0.5, 0.6) is 0 Å². The van der Waals surface area contributed by atoms with Gasteiger partial charge in [0.05, 0.1) is 11.6 Å². The van der Waals surface area contributed by atoms with Crippen LogP contribution < -0.4 is 5.32 Å². The van der Waals surface area contributed by atoms with Gasteiger partial charge in [-0.05, 0) is 35.1 Å². The maximum absolute atomic E-state index is 5.10. The maximum Gasteiger partial charge on any atom is 0.0961 e. The summed E-state index contributed by atoms with van der Waals surface area (Å²) in [6.45, 7) is 0.722. The van der Waals surface area contributed by atoms with E-state index in [0.29, 0.717) is 6.04 Å². The Labute approximate surface area is 103 Å². The van der Waals surface area contributed by atoms with Gasteiger partial charge in [0, 0.05) is 29.6 Å². The molecule has 0 amide bonds. The minimum absolute atomic E-state index is 0.366. The van der Waals surface area contributed by atoms with Crippen molar-refractivity contribution in [1.82, 2.24) is 10.3 Å². The Morgan fingerprint density at radius 1 is 1.60 bits per heavy atom. The molecule has 1 unspecified atom stereocenters. The minimum Gasteiger partial charge on any atom is -0.383 e. The molecule has 0 fully saturated rings. The first-order valence-corrected chi connectivity index (χ1v) is 6.44. The maximum atomic E-state index is 5.10. The lowest BCUT2D eigenvalue weighted by Gasteiger charge is -2.13. The van der Waals surface area contributed by atoms with Crippen LogP contribution in [0.1, 0.15) is 0 Å². The molecule has 0 radical (unpaired) electrons. The number of likely N-dealkylation sites (N-methyl/N-ethyl adjacent to an activating group) is 1. The fourth-order valence-corrected chi connectivity index (χ4v) is 2.21. The predicted molar refractivity (Wildman–Crippen MR) is 67.4 cm³/mol. The summed E-state index contributed by atoms with van der Waals surface area (Å²) in [5.41, 5.74) is 0. The van der Waals surface area contributed by atoms with E-state index in [4.69, 9.17) is 4.74 Å². The van der Waals surface area contributed by atoms with Gasteiger partial charge in [-0.2, -0.15) is 0 Å². The van der Waals surface area contributed by atoms with Crippen molar-refractivity contribution in [1.29, 1.82) is 0 Å². The standard InChI is InChI=1S/C10H15BrN2OS/c1-12-9(6-14-2)7-15-10-4-3-8(11)5-13-10/h3-5,9,12H,6-7H2,1-2H3. The summed E-state index contributed by atoms with van der Waals surface area (Å²) in [4.78, 5) is 4.29. The highest BCUT2D eigenvalue weighted by atomic mass is 79.9. The largest absolute Gasteiger partial charge is 0.383 e. The van der Waals surface area contributed by atoms with Gasteiger partial charge < -0.3 is 10.1 Å². The predicted octanol–water partition coefficient (Wildman–Crippen LogP) is 2.17. The lowest BCUT2D eigenvalue weighted by molar-refractivity contribution is 0.177. The second kappa shape index (κ2) is 7.22. The molecular formula is C10H15BrN2OS. The molecule has 0 saturated heterocycles. The second-order valence-corrected chi connectivity index (χ2v) is 5.02. The summed E-state index contributed by atoms with van der Waals surface area (Å²) in [5, 5.41) is 4.24. The molecule has 1 aromatic heterocycles. The summed E-state index contributed by atoms with van der Waals surface area (Å²) >= 11 is 5.09. The quantitative estimate of drug-likeness (QED) is 0.815. The molecule has 5 heteroatoms. The molecule has 15 heavy (non-hydrogen) atoms. The van der Waals surface area contributed by atoms with E-state index in [1.165, 1.54) is 0 Å². The zero-order valence-corrected chi connectivity index (χ0v) is 11.3. The van der Waals surface area contributed by atoms with E-state index in [0.717, 1.165) is 21.9 Å². The van der Waals surface area contributed by atoms with Gasteiger partial charge in [0.1, 0.15) is 0 Å². The van der Waals surface area contributed by atoms with Crippen LogP contribution in [-0.2, 0) is 4.74 Å². The zero-order valence-electron chi connectivity index (χ0n) is 8.87. The van der Waals surface area contributed by atoms with E-state index in [1.807, 2.05) is 25.4 Å². The number of hydrogen-bond donors (Lipinski definition) is 1. The third-order valence-corrected chi connectivity index (χ3v) is 3.48. The van der Waals surface area contributed by atoms with Gasteiger partial charge >= 0.3 is 0 Å². The normalized spacial score (nSPS) is 12.7. The van der Waals surface area contributed by atoms with E-state index < -0.39 is 0 Å². The van der Waals surface area contributed by atoms with Crippen LogP contribution in [0.4, 0.5) is 0 Å². The molecule has 0 aliphatic carbocycles. The number of hydrogen-bond acceptors (Lipinski definition) is 4. The Morgan fingerprint density at radius 3 is 2.93 bits per heavy atom. The van der Waals surface area contributed by atoms with Crippen LogP contribution in [0, 0.1) is 0 Å². The van der Waals surface area contributed by atoms with Crippen molar-refractivity contribution in [3.63, 3.8) is 0 Å². The number of nitrogens with one attached hydrogen (secondary N) is 1. The molecule has 0 spiro atoms. The summed E-state index contributed by atoms with van der Waals surface area (Å²) in [7, 11) is 3.66. The van der Waals surface area contributed by atoms with Crippen LogP contribution >= 0.6 is 27.7 Å². The van der Waals surface area contributed by atoms with E-state index in [2.05, 4.69) is 26.2 Å². The monoisotopic (exact) mass is 290 g/mol. The number of aromatic nitrogens is 1. The zero-order chi connectivity index (χ0) is 11.1. The van der Waals surface area contributed by atoms with E-state index in [9.17, 15) is 0 Å². The Bertz CT molecular complexity index is 281. The average molecular weight is 291 g/mol. The number of methoxy groups -OCH3 is 1. The SMILES string of the molecule is CNC(COC)CSc1ccc(Br)cn1. The van der Waals surface area contributed by atoms with Crippen LogP contribution in [0.2, 0.25) is 0 Å². The summed E-state index contributed by atoms with van der Waals surface area (Å²) in [6, 6.07) is 4.37. The smallest absolute Gasteiger partial charge is 0.0961 e. The van der Waals surface area contributed by atoms with E-state index in [1.54, 1.807) is 18.9 Å². The van der Waals surface area contributed by atoms with Crippen LogP contribution in [-0.4, -0.2) is 37.5 Å². The highest BCUT2D eigenvalue weighted by molar-refractivity contribution is 9.10. The first-order valence-electron chi connectivity index (χ1n) is 4.67. The first-order chi connectivity index (χ1) is 7.26. The Hall–Kier alpha value is -0.100. The highest BCUT2D eigenvalue weighted by Crippen LogP contribution is 2.18. The van der Waals surface area contributed by atoms with Gasteiger partial charge in [0.25, 0.3) is 0 Å². The van der Waals surface area contributed by atoms with Gasteiger partial charge in [-0.15, -0.1) is 11.8 Å². The van der Waals surface area contributed by atoms with Gasteiger partial charge in [0.2, 0.25) is 0 Å². The topological polar surface area (TPSA) is 34.1 Å². The van der Waals surface area contributed by atoms with E-state index in [-0.39, 0.29) is 0 Å². The number of thioether (sulfide) groups is 1. The molecule has 1 N–H and O–H groups in total. The lowest BCUT2D eigenvalue weighted by atomic mass is 10.4. The Morgan fingerprint density at radius 2 is 2.40 bits per heavy atom. The van der Waals surface area contributed by atoms with Gasteiger partial charge in [-0.1, -0.05) is 0 Å². The number of halogens is 1. The molecule has 0 bridgehead atoms. The van der Waals surface area contributed by atoms with Crippen molar-refractivity contribution in [3.05, 3.63) is 22.8 Å². The minimum atomic E-state index is 0.366. The molecule has 0 aliphatic heterocycles. The molecule has 1 aromatic rings. The van der Waals surface area contributed by atoms with Crippen molar-refractivity contribution >= 4 is 27.7 Å². The summed E-state index contributed by atoms with van der Waals surface area (Å²) < 4.78 is 6.11. The molecule has 1 rings (SSSR count). The lowest BCUT2D eigenvalue weighted by Crippen LogP contribution is -2.32. The molecule has 3 nitrogen and oxygen atoms in total. The Kier molecular flexibility index (Phi) is 6.24. The van der Waals surface area contributed by atoms with Crippen molar-refractivity contribution in [3.8, 4) is 0 Å². The van der Waals surface area contributed by atoms with Gasteiger partial charge in [0.15, 0.2) is 0 Å². The van der Waals surface area contributed by atoms with Crippen molar-refractivity contribution in [2.24, 2.45) is 0 Å². The first kappa shape index (κ1) is 13.0. The third kappa shape index (κ3) is 4.97. The molecular weight excluding hydrogens is 276 g/mol. The number of nitrogens with zero attached hydrogens (tertiary/aromatic N) is 1. The van der Waals surface area contributed by atoms with Gasteiger partial charge in [-0.3, -0.25) is 0 Å². The van der Waals surface area contributed by atoms with Crippen molar-refractivity contribution in [2.75, 3.05) is 26.5 Å². The third-order valence-electron chi connectivity index (χ3n) is 1.91. The summed E-state index contributed by atoms with van der Waals surface area (Å²) in [6.07, 6.45) is 1.81. The van der Waals surface area contributed by atoms with E-state index >= 15 is 0 Å². The fraction of sp³-hybridized carbons (Fsp3) is 0.500. The summed E-state index contributed by atoms with van der Waals surface area (Å²) in [5.74, 6) is 0.957. The molecule has 1 atom stereocenters. The number of rotatable bonds is 6. The van der Waals surface area contributed by atoms with Crippen molar-refractivity contribution < 1.29 is 4.74 Å². The fourth-order valence-electron chi connectivity index (χ4n) is 1.05. The average Bonchev–Trinajstić information content (AvgIpc) is 2.26. The Balaban J connectivity index is 2.38. The van der Waals surface area contributed by atoms with Crippen LogP contribution in [0.15, 0.2) is 27.8 Å². The second-order valence-electron chi connectivity index (χ2n) is 3.07.